The number of carbonyl (C=O) groups is 2. The molecule has 1 aromatic rings. The van der Waals surface area contributed by atoms with E-state index in [1.165, 1.54) is 0 Å². The van der Waals surface area contributed by atoms with Crippen molar-refractivity contribution in [2.45, 2.75) is 19.3 Å². The Bertz CT molecular complexity index is 421. The molecule has 0 aliphatic rings. The smallest absolute Gasteiger partial charge is 0.303 e. The maximum absolute atomic E-state index is 10.3. The van der Waals surface area contributed by atoms with Crippen LogP contribution >= 0.6 is 0 Å². The molecule has 0 saturated carbocycles. The summed E-state index contributed by atoms with van der Waals surface area (Å²) in [7, 11) is 0. The third kappa shape index (κ3) is 4.43. The van der Waals surface area contributed by atoms with Gasteiger partial charge >= 0.3 is 5.97 Å². The van der Waals surface area contributed by atoms with Gasteiger partial charge in [0.15, 0.2) is 6.29 Å². The fourth-order valence-electron chi connectivity index (χ4n) is 1.31. The summed E-state index contributed by atoms with van der Waals surface area (Å²) < 4.78 is 0. The fraction of sp³-hybridized carbons (Fsp3) is 0.231. The van der Waals surface area contributed by atoms with Gasteiger partial charge in [0.1, 0.15) is 0 Å². The van der Waals surface area contributed by atoms with Gasteiger partial charge in [-0.2, -0.15) is 0 Å². The Labute approximate surface area is 94.1 Å². The molecule has 0 amide bonds. The highest BCUT2D eigenvalue weighted by molar-refractivity contribution is 5.73. The second-order valence-electron chi connectivity index (χ2n) is 3.33. The zero-order valence-electron chi connectivity index (χ0n) is 8.77. The highest BCUT2D eigenvalue weighted by Gasteiger charge is 1.98. The van der Waals surface area contributed by atoms with Crippen LogP contribution in [-0.4, -0.2) is 17.4 Å². The van der Waals surface area contributed by atoms with Crippen molar-refractivity contribution in [3.05, 3.63) is 35.4 Å². The van der Waals surface area contributed by atoms with Crippen LogP contribution in [0.1, 0.15) is 24.0 Å². The number of hydrogen-bond acceptors (Lipinski definition) is 2. The Kier molecular flexibility index (Phi) is 4.81. The van der Waals surface area contributed by atoms with Crippen LogP contribution in [0.25, 0.3) is 0 Å². The summed E-state index contributed by atoms with van der Waals surface area (Å²) in [5.41, 5.74) is 1.87. The highest BCUT2D eigenvalue weighted by Crippen LogP contribution is 2.07. The molecule has 0 bridgehead atoms. The van der Waals surface area contributed by atoms with Crippen LogP contribution in [0.15, 0.2) is 24.3 Å². The van der Waals surface area contributed by atoms with Crippen LogP contribution in [-0.2, 0) is 16.0 Å². The summed E-state index contributed by atoms with van der Waals surface area (Å²) in [6.07, 6.45) is 2.12. The van der Waals surface area contributed by atoms with Crippen molar-refractivity contribution in [2.24, 2.45) is 0 Å². The van der Waals surface area contributed by atoms with Gasteiger partial charge in [-0.05, 0) is 36.5 Å². The van der Waals surface area contributed by atoms with Crippen LogP contribution < -0.4 is 0 Å². The monoisotopic (exact) mass is 216 g/mol. The number of aryl methyl sites for hydroxylation is 1. The molecule has 3 heteroatoms. The van der Waals surface area contributed by atoms with E-state index in [1.54, 1.807) is 0 Å². The van der Waals surface area contributed by atoms with Gasteiger partial charge in [-0.3, -0.25) is 9.59 Å². The van der Waals surface area contributed by atoms with Gasteiger partial charge in [0, 0.05) is 12.0 Å². The van der Waals surface area contributed by atoms with Gasteiger partial charge in [0.05, 0.1) is 0 Å². The molecule has 0 unspecified atom stereocenters. The minimum Gasteiger partial charge on any atom is -0.481 e. The molecule has 0 radical (unpaired) electrons. The molecular weight excluding hydrogens is 204 g/mol. The van der Waals surface area contributed by atoms with E-state index in [9.17, 15) is 9.59 Å². The molecule has 3 nitrogen and oxygen atoms in total. The molecule has 1 N–H and O–H groups in total. The Hall–Kier alpha value is -2.08. The predicted molar refractivity (Wildman–Crippen MR) is 60.0 cm³/mol. The number of aldehydes is 1. The van der Waals surface area contributed by atoms with E-state index >= 15 is 0 Å². The molecular formula is C13H12O3. The van der Waals surface area contributed by atoms with Crippen LogP contribution in [0.4, 0.5) is 0 Å². The molecule has 0 fully saturated rings. The Morgan fingerprint density at radius 1 is 1.31 bits per heavy atom. The molecule has 0 saturated heterocycles. The first-order valence-electron chi connectivity index (χ1n) is 4.98. The lowest BCUT2D eigenvalue weighted by atomic mass is 10.1. The van der Waals surface area contributed by atoms with E-state index in [0.717, 1.165) is 17.5 Å². The number of carboxylic acids is 1. The lowest BCUT2D eigenvalue weighted by Crippen LogP contribution is -1.95. The summed E-state index contributed by atoms with van der Waals surface area (Å²) in [5.74, 6) is 4.25. The van der Waals surface area contributed by atoms with E-state index in [2.05, 4.69) is 11.8 Å². The van der Waals surface area contributed by atoms with E-state index in [-0.39, 0.29) is 6.42 Å². The van der Waals surface area contributed by atoms with Crippen LogP contribution in [0.5, 0.6) is 0 Å². The van der Waals surface area contributed by atoms with Crippen molar-refractivity contribution in [1.82, 2.24) is 0 Å². The largest absolute Gasteiger partial charge is 0.481 e. The van der Waals surface area contributed by atoms with Crippen LogP contribution in [0, 0.1) is 11.8 Å². The predicted octanol–water partition coefficient (Wildman–Crippen LogP) is 1.64. The number of benzene rings is 1. The lowest BCUT2D eigenvalue weighted by Gasteiger charge is -1.99. The van der Waals surface area contributed by atoms with Gasteiger partial charge in [-0.25, -0.2) is 0 Å². The van der Waals surface area contributed by atoms with E-state index in [0.29, 0.717) is 12.7 Å². The zero-order valence-corrected chi connectivity index (χ0v) is 8.77. The van der Waals surface area contributed by atoms with Crippen molar-refractivity contribution >= 4 is 12.3 Å². The third-order valence-electron chi connectivity index (χ3n) is 2.09. The third-order valence-corrected chi connectivity index (χ3v) is 2.09. The molecule has 0 aliphatic carbocycles. The Balaban J connectivity index is 2.51. The number of hydrogen-bond donors (Lipinski definition) is 1. The SMILES string of the molecule is O=CC#Cc1ccc(CCCC(=O)O)cc1. The van der Waals surface area contributed by atoms with Crippen molar-refractivity contribution in [3.63, 3.8) is 0 Å². The van der Waals surface area contributed by atoms with Crippen molar-refractivity contribution in [2.75, 3.05) is 0 Å². The first-order chi connectivity index (χ1) is 7.72. The van der Waals surface area contributed by atoms with Crippen molar-refractivity contribution in [3.8, 4) is 11.8 Å². The quantitative estimate of drug-likeness (QED) is 0.615. The molecule has 1 rings (SSSR count). The normalized spacial score (nSPS) is 9.00. The van der Waals surface area contributed by atoms with Gasteiger partial charge in [0.2, 0.25) is 0 Å². The molecule has 16 heavy (non-hydrogen) atoms. The maximum Gasteiger partial charge on any atom is 0.303 e. The number of carbonyl (C=O) groups excluding carboxylic acids is 1. The van der Waals surface area contributed by atoms with Crippen molar-refractivity contribution in [1.29, 1.82) is 0 Å². The summed E-state index contributed by atoms with van der Waals surface area (Å²) in [6.45, 7) is 0. The summed E-state index contributed by atoms with van der Waals surface area (Å²) >= 11 is 0. The van der Waals surface area contributed by atoms with Gasteiger partial charge in [0.25, 0.3) is 0 Å². The van der Waals surface area contributed by atoms with Crippen molar-refractivity contribution < 1.29 is 14.7 Å². The van der Waals surface area contributed by atoms with E-state index in [4.69, 9.17) is 5.11 Å². The van der Waals surface area contributed by atoms with E-state index < -0.39 is 5.97 Å². The molecule has 0 aromatic heterocycles. The summed E-state index contributed by atoms with van der Waals surface area (Å²) in [5, 5.41) is 8.48. The van der Waals surface area contributed by atoms with Crippen LogP contribution in [0.2, 0.25) is 0 Å². The first-order valence-corrected chi connectivity index (χ1v) is 4.98. The number of carboxylic acid groups (broad SMARTS) is 1. The maximum atomic E-state index is 10.3. The molecule has 0 atom stereocenters. The fourth-order valence-corrected chi connectivity index (χ4v) is 1.31. The average Bonchev–Trinajstić information content (AvgIpc) is 2.27. The lowest BCUT2D eigenvalue weighted by molar-refractivity contribution is -0.137. The molecule has 82 valence electrons. The number of aliphatic carboxylic acids is 1. The van der Waals surface area contributed by atoms with Gasteiger partial charge in [-0.15, -0.1) is 0 Å². The number of rotatable bonds is 4. The highest BCUT2D eigenvalue weighted by atomic mass is 16.4. The van der Waals surface area contributed by atoms with Gasteiger partial charge in [-0.1, -0.05) is 18.1 Å². The van der Waals surface area contributed by atoms with E-state index in [1.807, 2.05) is 24.3 Å². The van der Waals surface area contributed by atoms with Crippen LogP contribution in [0.3, 0.4) is 0 Å². The molecule has 0 aliphatic heterocycles. The first kappa shape index (κ1) is 12.0. The Morgan fingerprint density at radius 2 is 2.00 bits per heavy atom. The minimum atomic E-state index is -0.770. The topological polar surface area (TPSA) is 54.4 Å². The second kappa shape index (κ2) is 6.41. The standard InChI is InChI=1S/C13H12O3/c14-10-2-4-12-8-6-11(7-9-12)3-1-5-13(15)16/h6-10H,1,3,5H2,(H,15,16). The second-order valence-corrected chi connectivity index (χ2v) is 3.33. The zero-order chi connectivity index (χ0) is 11.8. The minimum absolute atomic E-state index is 0.187. The Morgan fingerprint density at radius 3 is 2.56 bits per heavy atom. The average molecular weight is 216 g/mol. The molecule has 0 heterocycles. The summed E-state index contributed by atoms with van der Waals surface area (Å²) in [4.78, 5) is 20.3. The van der Waals surface area contributed by atoms with Gasteiger partial charge < -0.3 is 5.11 Å². The molecule has 1 aromatic carbocycles. The summed E-state index contributed by atoms with van der Waals surface area (Å²) in [6, 6.07) is 7.45. The molecule has 0 spiro atoms.